The second kappa shape index (κ2) is 10.6. The summed E-state index contributed by atoms with van der Waals surface area (Å²) in [6.07, 6.45) is 0. The molecule has 2 aliphatic rings. The van der Waals surface area contributed by atoms with Crippen molar-refractivity contribution in [3.05, 3.63) is 71.2 Å². The van der Waals surface area contributed by atoms with E-state index in [0.717, 1.165) is 5.56 Å². The van der Waals surface area contributed by atoms with Crippen molar-refractivity contribution in [2.75, 3.05) is 51.3 Å². The van der Waals surface area contributed by atoms with Crippen molar-refractivity contribution in [1.29, 1.82) is 0 Å². The molecule has 0 saturated carbocycles. The van der Waals surface area contributed by atoms with Crippen LogP contribution in [-0.4, -0.2) is 63.3 Å². The van der Waals surface area contributed by atoms with Crippen LogP contribution in [0.5, 0.6) is 5.75 Å². The lowest BCUT2D eigenvalue weighted by Gasteiger charge is -2.38. The number of esters is 1. The number of ether oxygens (including phenoxy) is 2. The highest BCUT2D eigenvalue weighted by molar-refractivity contribution is 5.95. The van der Waals surface area contributed by atoms with Gasteiger partial charge in [-0.15, -0.1) is 0 Å². The summed E-state index contributed by atoms with van der Waals surface area (Å²) in [7, 11) is 1.33. The zero-order valence-corrected chi connectivity index (χ0v) is 19.3. The summed E-state index contributed by atoms with van der Waals surface area (Å²) in [5, 5.41) is 5.63. The number of nitrogens with one attached hydrogen (secondary N) is 2. The van der Waals surface area contributed by atoms with Gasteiger partial charge in [-0.2, -0.15) is 0 Å². The highest BCUT2D eigenvalue weighted by Crippen LogP contribution is 2.29. The summed E-state index contributed by atoms with van der Waals surface area (Å²) in [5.41, 5.74) is 2.21. The minimum Gasteiger partial charge on any atom is -0.494 e. The molecule has 2 N–H and O–H groups in total. The van der Waals surface area contributed by atoms with Crippen LogP contribution in [0.15, 0.2) is 59.8 Å². The summed E-state index contributed by atoms with van der Waals surface area (Å²) in [5.74, 6) is -0.0371. The molecule has 1 fully saturated rings. The Bertz CT molecular complexity index is 1060. The fourth-order valence-corrected chi connectivity index (χ4v) is 4.35. The first-order chi connectivity index (χ1) is 16.5. The Morgan fingerprint density at radius 1 is 1.09 bits per heavy atom. The highest BCUT2D eigenvalue weighted by Gasteiger charge is 2.34. The van der Waals surface area contributed by atoms with Gasteiger partial charge < -0.3 is 25.0 Å². The van der Waals surface area contributed by atoms with Gasteiger partial charge in [0.15, 0.2) is 0 Å². The lowest BCUT2D eigenvalue weighted by molar-refractivity contribution is -0.136. The summed E-state index contributed by atoms with van der Waals surface area (Å²) in [6, 6.07) is 13.0. The molecule has 2 aromatic rings. The van der Waals surface area contributed by atoms with Gasteiger partial charge in [-0.1, -0.05) is 24.3 Å². The number of carbonyl (C=O) groups excluding carboxylic acids is 2. The maximum Gasteiger partial charge on any atom is 0.338 e. The summed E-state index contributed by atoms with van der Waals surface area (Å²) >= 11 is 0. The number of anilines is 1. The minimum atomic E-state index is -0.647. The molecule has 34 heavy (non-hydrogen) atoms. The third-order valence-electron chi connectivity index (χ3n) is 6.03. The van der Waals surface area contributed by atoms with Crippen LogP contribution in [0.25, 0.3) is 0 Å². The molecule has 0 radical (unpaired) electrons. The van der Waals surface area contributed by atoms with Crippen LogP contribution in [0.3, 0.4) is 0 Å². The first-order valence-corrected chi connectivity index (χ1v) is 11.3. The molecule has 9 heteroatoms. The van der Waals surface area contributed by atoms with E-state index in [2.05, 4.69) is 15.5 Å². The molecule has 0 spiro atoms. The number of nitrogens with zero attached hydrogens (tertiary/aromatic N) is 2. The number of hydrogen-bond acceptors (Lipinski definition) is 6. The third kappa shape index (κ3) is 5.14. The largest absolute Gasteiger partial charge is 0.494 e. The Hall–Kier alpha value is -3.59. The van der Waals surface area contributed by atoms with Gasteiger partial charge in [-0.25, -0.2) is 14.0 Å². The standard InChI is InChI=1S/C25H29FN4O4/c1-3-34-18-10-8-17(9-11-18)23-22(24(31)33-2)20(27-25(32)28-23)16-29-12-14-30(15-13-29)21-7-5-4-6-19(21)26/h4-11,23H,3,12-16H2,1-2H3,(H2,27,28,32)/t23-/m0/s1. The van der Waals surface area contributed by atoms with Gasteiger partial charge in [-0.05, 0) is 36.8 Å². The molecule has 8 nitrogen and oxygen atoms in total. The molecule has 0 unspecified atom stereocenters. The van der Waals surface area contributed by atoms with E-state index in [9.17, 15) is 14.0 Å². The van der Waals surface area contributed by atoms with Gasteiger partial charge in [0, 0.05) is 38.4 Å². The Labute approximate surface area is 198 Å². The van der Waals surface area contributed by atoms with Crippen LogP contribution >= 0.6 is 0 Å². The molecule has 4 rings (SSSR count). The van der Waals surface area contributed by atoms with Crippen molar-refractivity contribution in [2.24, 2.45) is 0 Å². The number of para-hydroxylation sites is 1. The monoisotopic (exact) mass is 468 g/mol. The number of benzene rings is 2. The van der Waals surface area contributed by atoms with Gasteiger partial charge in [-0.3, -0.25) is 4.90 Å². The second-order valence-electron chi connectivity index (χ2n) is 8.13. The molecule has 2 aliphatic heterocycles. The fourth-order valence-electron chi connectivity index (χ4n) is 4.35. The van der Waals surface area contributed by atoms with E-state index in [0.29, 0.717) is 62.0 Å². The number of piperazine rings is 1. The molecule has 1 atom stereocenters. The first kappa shape index (κ1) is 23.6. The van der Waals surface area contributed by atoms with E-state index in [-0.39, 0.29) is 11.8 Å². The zero-order valence-electron chi connectivity index (χ0n) is 19.3. The maximum absolute atomic E-state index is 14.2. The van der Waals surface area contributed by atoms with Crippen molar-refractivity contribution in [2.45, 2.75) is 13.0 Å². The van der Waals surface area contributed by atoms with Crippen molar-refractivity contribution in [1.82, 2.24) is 15.5 Å². The zero-order chi connectivity index (χ0) is 24.1. The van der Waals surface area contributed by atoms with Crippen molar-refractivity contribution in [3.8, 4) is 5.75 Å². The van der Waals surface area contributed by atoms with Crippen molar-refractivity contribution < 1.29 is 23.5 Å². The molecular formula is C25H29FN4O4. The van der Waals surface area contributed by atoms with E-state index in [1.807, 2.05) is 42.2 Å². The van der Waals surface area contributed by atoms with Crippen LogP contribution in [0, 0.1) is 5.82 Å². The highest BCUT2D eigenvalue weighted by atomic mass is 19.1. The van der Waals surface area contributed by atoms with Crippen LogP contribution in [0.1, 0.15) is 18.5 Å². The predicted octanol–water partition coefficient (Wildman–Crippen LogP) is 2.83. The maximum atomic E-state index is 14.2. The Morgan fingerprint density at radius 3 is 2.44 bits per heavy atom. The second-order valence-corrected chi connectivity index (χ2v) is 8.13. The molecular weight excluding hydrogens is 439 g/mol. The van der Waals surface area contributed by atoms with Crippen LogP contribution in [-0.2, 0) is 9.53 Å². The lowest BCUT2D eigenvalue weighted by atomic mass is 9.95. The number of rotatable bonds is 7. The molecule has 0 aromatic heterocycles. The molecule has 1 saturated heterocycles. The Balaban J connectivity index is 1.54. The van der Waals surface area contributed by atoms with Gasteiger partial charge in [0.1, 0.15) is 11.6 Å². The van der Waals surface area contributed by atoms with Crippen LogP contribution in [0.2, 0.25) is 0 Å². The number of methoxy groups -OCH3 is 1. The number of urea groups is 1. The third-order valence-corrected chi connectivity index (χ3v) is 6.03. The number of amides is 2. The molecule has 180 valence electrons. The fraction of sp³-hybridized carbons (Fsp3) is 0.360. The van der Waals surface area contributed by atoms with E-state index >= 15 is 0 Å². The van der Waals surface area contributed by atoms with E-state index in [1.54, 1.807) is 12.1 Å². The number of halogens is 1. The van der Waals surface area contributed by atoms with Crippen LogP contribution in [0.4, 0.5) is 14.9 Å². The normalized spacial score (nSPS) is 18.9. The minimum absolute atomic E-state index is 0.240. The van der Waals surface area contributed by atoms with Gasteiger partial charge in [0.25, 0.3) is 0 Å². The first-order valence-electron chi connectivity index (χ1n) is 11.3. The molecule has 0 bridgehead atoms. The average Bonchev–Trinajstić information content (AvgIpc) is 2.85. The van der Waals surface area contributed by atoms with Crippen molar-refractivity contribution >= 4 is 17.7 Å². The van der Waals surface area contributed by atoms with Crippen molar-refractivity contribution in [3.63, 3.8) is 0 Å². The molecule has 0 aliphatic carbocycles. The lowest BCUT2D eigenvalue weighted by Crippen LogP contribution is -2.51. The molecule has 2 heterocycles. The SMILES string of the molecule is CCOc1ccc([C@@H]2NC(=O)NC(CN3CCN(c4ccccc4F)CC3)=C2C(=O)OC)cc1. The molecule has 2 aromatic carbocycles. The smallest absolute Gasteiger partial charge is 0.338 e. The number of carbonyl (C=O) groups is 2. The van der Waals surface area contributed by atoms with E-state index in [4.69, 9.17) is 9.47 Å². The predicted molar refractivity (Wildman–Crippen MR) is 126 cm³/mol. The summed E-state index contributed by atoms with van der Waals surface area (Å²) in [6.45, 7) is 5.40. The Morgan fingerprint density at radius 2 is 1.79 bits per heavy atom. The topological polar surface area (TPSA) is 83.1 Å². The van der Waals surface area contributed by atoms with Gasteiger partial charge in [0.2, 0.25) is 0 Å². The van der Waals surface area contributed by atoms with Crippen LogP contribution < -0.4 is 20.3 Å². The average molecular weight is 469 g/mol. The van der Waals surface area contributed by atoms with Gasteiger partial charge >= 0.3 is 12.0 Å². The van der Waals surface area contributed by atoms with E-state index < -0.39 is 12.0 Å². The summed E-state index contributed by atoms with van der Waals surface area (Å²) < 4.78 is 24.7. The summed E-state index contributed by atoms with van der Waals surface area (Å²) in [4.78, 5) is 29.4. The van der Waals surface area contributed by atoms with E-state index in [1.165, 1.54) is 13.2 Å². The Kier molecular flexibility index (Phi) is 7.32. The number of hydrogen-bond donors (Lipinski definition) is 2. The quantitative estimate of drug-likeness (QED) is 0.608. The van der Waals surface area contributed by atoms with Gasteiger partial charge in [0.05, 0.1) is 31.0 Å². The molecule has 2 amide bonds.